The maximum atomic E-state index is 11.8. The predicted octanol–water partition coefficient (Wildman–Crippen LogP) is 0.725. The van der Waals surface area contributed by atoms with Crippen molar-refractivity contribution in [2.45, 2.75) is 11.7 Å². The highest BCUT2D eigenvalue weighted by Gasteiger charge is 2.12. The normalized spacial score (nSPS) is 12.7. The molecule has 9 heteroatoms. The van der Waals surface area contributed by atoms with E-state index < -0.39 is 10.8 Å². The van der Waals surface area contributed by atoms with Crippen LogP contribution in [0.3, 0.4) is 0 Å². The third-order valence-corrected chi connectivity index (χ3v) is 3.74. The molecule has 0 saturated carbocycles. The third-order valence-electron chi connectivity index (χ3n) is 2.83. The Kier molecular flexibility index (Phi) is 3.56. The molecule has 108 valence electrons. The number of hydrogen-bond acceptors (Lipinski definition) is 5. The van der Waals surface area contributed by atoms with E-state index in [-0.39, 0.29) is 10.7 Å². The molecule has 0 fully saturated rings. The van der Waals surface area contributed by atoms with E-state index in [1.54, 1.807) is 23.0 Å². The Hall–Kier alpha value is -2.06. The van der Waals surface area contributed by atoms with Crippen molar-refractivity contribution < 1.29 is 4.21 Å². The topological polar surface area (TPSA) is 82.1 Å². The molecule has 3 heterocycles. The summed E-state index contributed by atoms with van der Waals surface area (Å²) < 4.78 is 14.3. The molecule has 1 unspecified atom stereocenters. The summed E-state index contributed by atoms with van der Waals surface area (Å²) >= 11 is 5.75. The molecule has 0 N–H and O–H groups in total. The second-order valence-corrected chi connectivity index (χ2v) is 5.99. The van der Waals surface area contributed by atoms with Crippen LogP contribution in [-0.4, -0.2) is 34.6 Å². The molecule has 3 aromatic rings. The van der Waals surface area contributed by atoms with Gasteiger partial charge in [0.15, 0.2) is 0 Å². The number of halogens is 1. The maximum absolute atomic E-state index is 11.8. The fraction of sp³-hybridized carbons (Fsp3) is 0.167. The van der Waals surface area contributed by atoms with Gasteiger partial charge in [-0.3, -0.25) is 9.00 Å². The van der Waals surface area contributed by atoms with Crippen molar-refractivity contribution in [1.82, 2.24) is 24.1 Å². The summed E-state index contributed by atoms with van der Waals surface area (Å²) in [5, 5.41) is 4.50. The Balaban J connectivity index is 2.10. The quantitative estimate of drug-likeness (QED) is 0.663. The minimum Gasteiger partial charge on any atom is -0.312 e. The third kappa shape index (κ3) is 2.72. The zero-order chi connectivity index (χ0) is 15.0. The molecule has 1 atom stereocenters. The monoisotopic (exact) mass is 323 g/mol. The second kappa shape index (κ2) is 5.38. The number of hydrogen-bond donors (Lipinski definition) is 0. The lowest BCUT2D eigenvalue weighted by Gasteiger charge is -2.06. The Morgan fingerprint density at radius 2 is 2.14 bits per heavy atom. The average molecular weight is 324 g/mol. The van der Waals surface area contributed by atoms with Crippen LogP contribution in [0.4, 0.5) is 0 Å². The van der Waals surface area contributed by atoms with Crippen LogP contribution >= 0.6 is 11.6 Å². The molecule has 0 bridgehead atoms. The molecule has 0 radical (unpaired) electrons. The highest BCUT2D eigenvalue weighted by molar-refractivity contribution is 7.84. The zero-order valence-corrected chi connectivity index (χ0v) is 12.5. The molecule has 0 aliphatic heterocycles. The van der Waals surface area contributed by atoms with E-state index in [0.29, 0.717) is 17.5 Å². The molecule has 0 saturated heterocycles. The summed E-state index contributed by atoms with van der Waals surface area (Å²) in [7, 11) is -1.35. The van der Waals surface area contributed by atoms with Crippen LogP contribution in [0.5, 0.6) is 0 Å². The summed E-state index contributed by atoms with van der Waals surface area (Å²) in [4.78, 5) is 19.9. The lowest BCUT2D eigenvalue weighted by atomic mass is 10.3. The van der Waals surface area contributed by atoms with E-state index in [0.717, 1.165) is 10.1 Å². The van der Waals surface area contributed by atoms with Gasteiger partial charge in [0.2, 0.25) is 10.9 Å². The van der Waals surface area contributed by atoms with Gasteiger partial charge < -0.3 is 4.57 Å². The first kappa shape index (κ1) is 13.9. The molecule has 0 aliphatic rings. The Labute approximate surface area is 126 Å². The zero-order valence-electron chi connectivity index (χ0n) is 10.9. The van der Waals surface area contributed by atoms with Crippen LogP contribution in [0.1, 0.15) is 5.56 Å². The minimum absolute atomic E-state index is 0.126. The number of rotatable bonds is 3. The van der Waals surface area contributed by atoms with Crippen molar-refractivity contribution in [3.63, 3.8) is 0 Å². The molecule has 0 aromatic carbocycles. The number of nitrogens with zero attached hydrogens (tertiary/aromatic N) is 5. The molecular formula is C12H10ClN5O2S. The van der Waals surface area contributed by atoms with E-state index in [1.807, 2.05) is 6.07 Å². The molecule has 0 amide bonds. The molecule has 0 aliphatic carbocycles. The lowest BCUT2D eigenvalue weighted by Crippen LogP contribution is -2.17. The summed E-state index contributed by atoms with van der Waals surface area (Å²) in [6, 6.07) is 4.90. The van der Waals surface area contributed by atoms with Gasteiger partial charge in [-0.2, -0.15) is 9.50 Å². The van der Waals surface area contributed by atoms with Crippen LogP contribution in [0, 0.1) is 0 Å². The van der Waals surface area contributed by atoms with Crippen molar-refractivity contribution in [2.75, 3.05) is 6.26 Å². The fourth-order valence-corrected chi connectivity index (χ4v) is 2.37. The van der Waals surface area contributed by atoms with Gasteiger partial charge >= 0.3 is 0 Å². The highest BCUT2D eigenvalue weighted by Crippen LogP contribution is 2.09. The lowest BCUT2D eigenvalue weighted by molar-refractivity contribution is 0.678. The van der Waals surface area contributed by atoms with Gasteiger partial charge in [0.25, 0.3) is 5.56 Å². The van der Waals surface area contributed by atoms with Crippen LogP contribution < -0.4 is 5.56 Å². The first-order valence-electron chi connectivity index (χ1n) is 5.94. The average Bonchev–Trinajstić information content (AvgIpc) is 2.91. The van der Waals surface area contributed by atoms with E-state index in [2.05, 4.69) is 15.1 Å². The van der Waals surface area contributed by atoms with E-state index in [9.17, 15) is 9.00 Å². The summed E-state index contributed by atoms with van der Waals surface area (Å²) in [5.74, 6) is 0.336. The number of fused-ring (bicyclic) bond motifs is 1. The fourth-order valence-electron chi connectivity index (χ4n) is 1.85. The molecule has 7 nitrogen and oxygen atoms in total. The van der Waals surface area contributed by atoms with Crippen LogP contribution in [-0.2, 0) is 17.3 Å². The summed E-state index contributed by atoms with van der Waals surface area (Å²) in [6.45, 7) is 0.447. The number of pyridine rings is 1. The van der Waals surface area contributed by atoms with Crippen molar-refractivity contribution >= 4 is 28.2 Å². The standard InChI is InChI=1S/C12H10ClN5O2S/c1-21(20)11-15-12-17(5-4-10(19)18(12)16-11)7-8-2-3-9(13)14-6-8/h2-6H,7H2,1H3. The van der Waals surface area contributed by atoms with E-state index >= 15 is 0 Å². The second-order valence-electron chi connectivity index (χ2n) is 4.33. The summed E-state index contributed by atoms with van der Waals surface area (Å²) in [6.07, 6.45) is 4.72. The molecule has 3 aromatic heterocycles. The van der Waals surface area contributed by atoms with E-state index in [4.69, 9.17) is 11.6 Å². The molecule has 3 rings (SSSR count). The summed E-state index contributed by atoms with van der Waals surface area (Å²) in [5.41, 5.74) is 0.576. The predicted molar refractivity (Wildman–Crippen MR) is 77.9 cm³/mol. The maximum Gasteiger partial charge on any atom is 0.275 e. The first-order chi connectivity index (χ1) is 10.0. The van der Waals surface area contributed by atoms with Gasteiger partial charge in [0, 0.05) is 24.7 Å². The van der Waals surface area contributed by atoms with Gasteiger partial charge in [0.05, 0.1) is 17.3 Å². The SMILES string of the molecule is CS(=O)c1nc2n(Cc3ccc(Cl)nc3)ccc(=O)n2n1. The van der Waals surface area contributed by atoms with Crippen LogP contribution in [0.15, 0.2) is 40.5 Å². The molecule has 0 spiro atoms. The first-order valence-corrected chi connectivity index (χ1v) is 7.88. The van der Waals surface area contributed by atoms with Gasteiger partial charge in [-0.05, 0) is 11.6 Å². The Bertz CT molecular complexity index is 887. The van der Waals surface area contributed by atoms with Crippen LogP contribution in [0.25, 0.3) is 5.78 Å². The van der Waals surface area contributed by atoms with Gasteiger partial charge in [0.1, 0.15) is 5.15 Å². The van der Waals surface area contributed by atoms with Gasteiger partial charge in [-0.25, -0.2) is 4.98 Å². The van der Waals surface area contributed by atoms with Crippen molar-refractivity contribution in [3.8, 4) is 0 Å². The largest absolute Gasteiger partial charge is 0.312 e. The Morgan fingerprint density at radius 3 is 2.81 bits per heavy atom. The molecule has 21 heavy (non-hydrogen) atoms. The van der Waals surface area contributed by atoms with Gasteiger partial charge in [-0.1, -0.05) is 17.7 Å². The highest BCUT2D eigenvalue weighted by atomic mass is 35.5. The number of aromatic nitrogens is 5. The molecular weight excluding hydrogens is 314 g/mol. The minimum atomic E-state index is -1.35. The van der Waals surface area contributed by atoms with Crippen LogP contribution in [0.2, 0.25) is 5.15 Å². The smallest absolute Gasteiger partial charge is 0.275 e. The Morgan fingerprint density at radius 1 is 1.33 bits per heavy atom. The van der Waals surface area contributed by atoms with Crippen molar-refractivity contribution in [3.05, 3.63) is 51.7 Å². The van der Waals surface area contributed by atoms with Gasteiger partial charge in [-0.15, -0.1) is 5.10 Å². The van der Waals surface area contributed by atoms with E-state index in [1.165, 1.54) is 12.3 Å². The van der Waals surface area contributed by atoms with Crippen molar-refractivity contribution in [1.29, 1.82) is 0 Å². The van der Waals surface area contributed by atoms with Crippen molar-refractivity contribution in [2.24, 2.45) is 0 Å².